The minimum atomic E-state index is -0.0795. The zero-order chi connectivity index (χ0) is 15.9. The van der Waals surface area contributed by atoms with Crippen molar-refractivity contribution < 1.29 is 9.53 Å². The van der Waals surface area contributed by atoms with Gasteiger partial charge in [0.2, 0.25) is 0 Å². The van der Waals surface area contributed by atoms with Crippen LogP contribution in [0.2, 0.25) is 0 Å². The molecule has 0 aromatic carbocycles. The summed E-state index contributed by atoms with van der Waals surface area (Å²) in [6.07, 6.45) is 5.00. The number of pyridine rings is 1. The summed E-state index contributed by atoms with van der Waals surface area (Å²) >= 11 is 0. The average molecular weight is 303 g/mol. The third-order valence-electron chi connectivity index (χ3n) is 3.55. The molecule has 2 heterocycles. The Morgan fingerprint density at radius 2 is 2.05 bits per heavy atom. The molecule has 0 radical (unpaired) electrons. The third kappa shape index (κ3) is 4.07. The number of amides is 1. The number of carbonyl (C=O) groups excluding carboxylic acids is 1. The number of aromatic nitrogens is 2. The zero-order valence-electron chi connectivity index (χ0n) is 13.7. The fourth-order valence-corrected chi connectivity index (χ4v) is 2.35. The number of aryl methyl sites for hydroxylation is 2. The summed E-state index contributed by atoms with van der Waals surface area (Å²) in [5, 5.41) is 2.95. The molecule has 0 aliphatic carbocycles. The number of nitrogens with zero attached hydrogens (tertiary/aromatic N) is 2. The minimum Gasteiger partial charge on any atom is -0.381 e. The van der Waals surface area contributed by atoms with Gasteiger partial charge in [-0.05, 0) is 38.3 Å². The number of rotatable bonds is 8. The summed E-state index contributed by atoms with van der Waals surface area (Å²) in [5.74, 6) is -0.0795. The van der Waals surface area contributed by atoms with Gasteiger partial charge >= 0.3 is 0 Å². The van der Waals surface area contributed by atoms with Crippen molar-refractivity contribution in [2.75, 3.05) is 19.8 Å². The number of nitrogens with one attached hydrogen (secondary N) is 1. The topological polar surface area (TPSA) is 55.6 Å². The second-order valence-electron chi connectivity index (χ2n) is 5.56. The first kappa shape index (κ1) is 16.5. The van der Waals surface area contributed by atoms with Crippen molar-refractivity contribution in [3.8, 4) is 0 Å². The van der Waals surface area contributed by atoms with Gasteiger partial charge in [0.05, 0.1) is 5.69 Å². The maximum absolute atomic E-state index is 12.4. The summed E-state index contributed by atoms with van der Waals surface area (Å²) in [7, 11) is 0. The predicted octanol–water partition coefficient (Wildman–Crippen LogP) is 2.89. The molecule has 0 saturated heterocycles. The number of ether oxygens (including phenoxy) is 1. The molecule has 0 atom stereocenters. The second-order valence-corrected chi connectivity index (χ2v) is 5.56. The van der Waals surface area contributed by atoms with Crippen LogP contribution in [0.3, 0.4) is 0 Å². The largest absolute Gasteiger partial charge is 0.381 e. The molecular weight excluding hydrogens is 278 g/mol. The molecule has 5 nitrogen and oxygen atoms in total. The van der Waals surface area contributed by atoms with Crippen molar-refractivity contribution >= 4 is 11.6 Å². The van der Waals surface area contributed by atoms with E-state index in [0.717, 1.165) is 42.8 Å². The van der Waals surface area contributed by atoms with Gasteiger partial charge in [-0.1, -0.05) is 19.4 Å². The van der Waals surface area contributed by atoms with Gasteiger partial charge in [-0.3, -0.25) is 9.20 Å². The molecule has 0 aliphatic heterocycles. The van der Waals surface area contributed by atoms with Crippen molar-refractivity contribution in [3.63, 3.8) is 0 Å². The summed E-state index contributed by atoms with van der Waals surface area (Å²) < 4.78 is 7.35. The molecule has 1 amide bonds. The predicted molar refractivity (Wildman–Crippen MR) is 87.3 cm³/mol. The Labute approximate surface area is 131 Å². The molecule has 0 bridgehead atoms. The number of imidazole rings is 1. The van der Waals surface area contributed by atoms with Crippen LogP contribution in [0.5, 0.6) is 0 Å². The maximum atomic E-state index is 12.4. The highest BCUT2D eigenvalue weighted by molar-refractivity contribution is 5.94. The third-order valence-corrected chi connectivity index (χ3v) is 3.55. The van der Waals surface area contributed by atoms with Crippen LogP contribution < -0.4 is 5.32 Å². The molecule has 0 unspecified atom stereocenters. The Balaban J connectivity index is 1.90. The second kappa shape index (κ2) is 7.94. The summed E-state index contributed by atoms with van der Waals surface area (Å²) in [6, 6.07) is 3.93. The molecule has 0 aliphatic rings. The lowest BCUT2D eigenvalue weighted by Crippen LogP contribution is -2.27. The van der Waals surface area contributed by atoms with Crippen LogP contribution in [0, 0.1) is 13.8 Å². The monoisotopic (exact) mass is 303 g/mol. The highest BCUT2D eigenvalue weighted by atomic mass is 16.5. The van der Waals surface area contributed by atoms with Crippen molar-refractivity contribution in [2.24, 2.45) is 0 Å². The first-order chi connectivity index (χ1) is 10.6. The lowest BCUT2D eigenvalue weighted by molar-refractivity contribution is 0.0934. The molecule has 0 spiro atoms. The highest BCUT2D eigenvalue weighted by Gasteiger charge is 2.15. The highest BCUT2D eigenvalue weighted by Crippen LogP contribution is 2.13. The van der Waals surface area contributed by atoms with Gasteiger partial charge < -0.3 is 10.1 Å². The van der Waals surface area contributed by atoms with E-state index in [1.54, 1.807) is 0 Å². The van der Waals surface area contributed by atoms with E-state index in [9.17, 15) is 4.79 Å². The molecule has 1 N–H and O–H groups in total. The molecular formula is C17H25N3O2. The molecule has 0 saturated carbocycles. The summed E-state index contributed by atoms with van der Waals surface area (Å²) in [4.78, 5) is 16.8. The molecule has 0 fully saturated rings. The van der Waals surface area contributed by atoms with Crippen LogP contribution in [-0.2, 0) is 4.74 Å². The quantitative estimate of drug-likeness (QED) is 0.763. The Bertz CT molecular complexity index is 634. The standard InChI is InChI=1S/C17H25N3O2/c1-4-5-10-22-11-6-9-18-17(21)16-14(3)19-15-8-7-13(2)12-20(15)16/h7-8,12H,4-6,9-11H2,1-3H3,(H,18,21). The van der Waals surface area contributed by atoms with E-state index in [-0.39, 0.29) is 5.91 Å². The zero-order valence-corrected chi connectivity index (χ0v) is 13.7. The van der Waals surface area contributed by atoms with E-state index in [2.05, 4.69) is 17.2 Å². The first-order valence-electron chi connectivity index (χ1n) is 7.94. The number of unbranched alkanes of at least 4 members (excludes halogenated alkanes) is 1. The van der Waals surface area contributed by atoms with Crippen LogP contribution in [0.1, 0.15) is 47.9 Å². The van der Waals surface area contributed by atoms with Gasteiger partial charge in [-0.2, -0.15) is 0 Å². The van der Waals surface area contributed by atoms with Gasteiger partial charge in [-0.15, -0.1) is 0 Å². The Hall–Kier alpha value is -1.88. The van der Waals surface area contributed by atoms with Crippen molar-refractivity contribution in [2.45, 2.75) is 40.0 Å². The van der Waals surface area contributed by atoms with Crippen molar-refractivity contribution in [1.29, 1.82) is 0 Å². The fourth-order valence-electron chi connectivity index (χ4n) is 2.35. The van der Waals surface area contributed by atoms with Crippen molar-refractivity contribution in [3.05, 3.63) is 35.3 Å². The van der Waals surface area contributed by atoms with Gasteiger partial charge in [-0.25, -0.2) is 4.98 Å². The van der Waals surface area contributed by atoms with E-state index in [0.29, 0.717) is 18.8 Å². The fraction of sp³-hybridized carbons (Fsp3) is 0.529. The average Bonchev–Trinajstić information content (AvgIpc) is 2.81. The molecule has 22 heavy (non-hydrogen) atoms. The maximum Gasteiger partial charge on any atom is 0.270 e. The van der Waals surface area contributed by atoms with Gasteiger partial charge in [0.15, 0.2) is 0 Å². The van der Waals surface area contributed by atoms with Gasteiger partial charge in [0.25, 0.3) is 5.91 Å². The van der Waals surface area contributed by atoms with Gasteiger partial charge in [0, 0.05) is 26.0 Å². The molecule has 2 aromatic rings. The smallest absolute Gasteiger partial charge is 0.270 e. The SMILES string of the molecule is CCCCOCCCNC(=O)c1c(C)nc2ccc(C)cn12. The summed E-state index contributed by atoms with van der Waals surface area (Å²) in [6.45, 7) is 8.11. The number of carbonyl (C=O) groups is 1. The Morgan fingerprint density at radius 3 is 2.82 bits per heavy atom. The Kier molecular flexibility index (Phi) is 5.95. The van der Waals surface area contributed by atoms with Crippen LogP contribution in [0.25, 0.3) is 5.65 Å². The van der Waals surface area contributed by atoms with E-state index in [1.165, 1.54) is 0 Å². The van der Waals surface area contributed by atoms with Gasteiger partial charge in [0.1, 0.15) is 11.3 Å². The van der Waals surface area contributed by atoms with Crippen LogP contribution in [0.4, 0.5) is 0 Å². The molecule has 120 valence electrons. The van der Waals surface area contributed by atoms with Crippen LogP contribution in [0.15, 0.2) is 18.3 Å². The molecule has 2 aromatic heterocycles. The summed E-state index contributed by atoms with van der Waals surface area (Å²) in [5.41, 5.74) is 3.27. The lowest BCUT2D eigenvalue weighted by atomic mass is 10.3. The number of hydrogen-bond acceptors (Lipinski definition) is 3. The molecule has 2 rings (SSSR count). The van der Waals surface area contributed by atoms with E-state index >= 15 is 0 Å². The van der Waals surface area contributed by atoms with E-state index in [1.807, 2.05) is 36.6 Å². The molecule has 5 heteroatoms. The van der Waals surface area contributed by atoms with Crippen LogP contribution >= 0.6 is 0 Å². The normalized spacial score (nSPS) is 11.0. The minimum absolute atomic E-state index is 0.0795. The number of hydrogen-bond donors (Lipinski definition) is 1. The Morgan fingerprint density at radius 1 is 1.27 bits per heavy atom. The van der Waals surface area contributed by atoms with Crippen LogP contribution in [-0.4, -0.2) is 35.1 Å². The number of fused-ring (bicyclic) bond motifs is 1. The van der Waals surface area contributed by atoms with E-state index < -0.39 is 0 Å². The van der Waals surface area contributed by atoms with E-state index in [4.69, 9.17) is 4.74 Å². The first-order valence-corrected chi connectivity index (χ1v) is 7.94. The van der Waals surface area contributed by atoms with Crippen molar-refractivity contribution in [1.82, 2.24) is 14.7 Å². The lowest BCUT2D eigenvalue weighted by Gasteiger charge is -2.07.